The molecule has 0 spiro atoms. The predicted octanol–water partition coefficient (Wildman–Crippen LogP) is 1.50. The van der Waals surface area contributed by atoms with E-state index in [-0.39, 0.29) is 11.0 Å². The van der Waals surface area contributed by atoms with Crippen molar-refractivity contribution in [1.82, 2.24) is 5.32 Å². The molecule has 1 aliphatic heterocycles. The van der Waals surface area contributed by atoms with Crippen LogP contribution in [-0.2, 0) is 0 Å². The summed E-state index contributed by atoms with van der Waals surface area (Å²) in [5.41, 5.74) is 0. The van der Waals surface area contributed by atoms with Crippen LogP contribution < -0.4 is 5.32 Å². The highest BCUT2D eigenvalue weighted by Gasteiger charge is 2.01. The van der Waals surface area contributed by atoms with Crippen molar-refractivity contribution in [3.8, 4) is 0 Å². The monoisotopic (exact) mass is 118 g/mol. The lowest BCUT2D eigenvalue weighted by atomic mass is 10.6. The maximum Gasteiger partial charge on any atom is 0.144 e. The zero-order chi connectivity index (χ0) is 5.28. The minimum atomic E-state index is -0.384. The second-order valence-corrected chi connectivity index (χ2v) is 1.50. The van der Waals surface area contributed by atoms with Crippen LogP contribution in [0, 0.1) is 0 Å². The predicted molar refractivity (Wildman–Crippen MR) is 25.3 cm³/mol. The highest BCUT2D eigenvalue weighted by Crippen LogP contribution is 2.12. The van der Waals surface area contributed by atoms with Crippen molar-refractivity contribution < 1.29 is 4.39 Å². The minimum Gasteiger partial charge on any atom is -0.241 e. The third-order valence-electron chi connectivity index (χ3n) is 0.568. The first-order valence-corrected chi connectivity index (χ1v) is 2.10. The van der Waals surface area contributed by atoms with Gasteiger partial charge in [0, 0.05) is 6.08 Å². The molecular formula is C4H2ClFN. The summed E-state index contributed by atoms with van der Waals surface area (Å²) in [4.78, 5) is 0. The lowest BCUT2D eigenvalue weighted by molar-refractivity contribution is 0.667. The van der Waals surface area contributed by atoms with E-state index in [9.17, 15) is 4.39 Å². The molecule has 0 aromatic heterocycles. The van der Waals surface area contributed by atoms with Gasteiger partial charge >= 0.3 is 0 Å². The van der Waals surface area contributed by atoms with E-state index in [1.54, 1.807) is 0 Å². The average Bonchev–Trinajstić information content (AvgIpc) is 1.87. The van der Waals surface area contributed by atoms with Gasteiger partial charge in [0.2, 0.25) is 0 Å². The van der Waals surface area contributed by atoms with Crippen molar-refractivity contribution >= 4 is 11.6 Å². The van der Waals surface area contributed by atoms with Gasteiger partial charge < -0.3 is 0 Å². The number of hydrogen-bond donors (Lipinski definition) is 0. The van der Waals surface area contributed by atoms with Crippen LogP contribution in [0.1, 0.15) is 0 Å². The summed E-state index contributed by atoms with van der Waals surface area (Å²) in [7, 11) is 0. The summed E-state index contributed by atoms with van der Waals surface area (Å²) in [5, 5.41) is 3.61. The van der Waals surface area contributed by atoms with Crippen LogP contribution in [0.25, 0.3) is 0 Å². The summed E-state index contributed by atoms with van der Waals surface area (Å²) in [5.74, 6) is -0.384. The van der Waals surface area contributed by atoms with Crippen LogP contribution in [0.5, 0.6) is 0 Å². The van der Waals surface area contributed by atoms with E-state index in [0.29, 0.717) is 0 Å². The molecule has 0 unspecified atom stereocenters. The van der Waals surface area contributed by atoms with E-state index in [0.717, 1.165) is 12.3 Å². The van der Waals surface area contributed by atoms with Gasteiger partial charge in [-0.1, -0.05) is 11.6 Å². The zero-order valence-electron chi connectivity index (χ0n) is 3.36. The normalized spacial score (nSPS) is 18.0. The van der Waals surface area contributed by atoms with Crippen LogP contribution in [0.15, 0.2) is 23.3 Å². The first-order valence-electron chi connectivity index (χ1n) is 1.73. The molecule has 1 aliphatic rings. The summed E-state index contributed by atoms with van der Waals surface area (Å²) < 4.78 is 11.8. The maximum atomic E-state index is 11.8. The van der Waals surface area contributed by atoms with Crippen LogP contribution >= 0.6 is 11.6 Å². The number of halogens is 2. The van der Waals surface area contributed by atoms with Crippen LogP contribution in [0.4, 0.5) is 4.39 Å². The number of rotatable bonds is 0. The Labute approximate surface area is 45.5 Å². The van der Waals surface area contributed by atoms with Gasteiger partial charge in [0.05, 0.1) is 6.20 Å². The zero-order valence-corrected chi connectivity index (χ0v) is 4.11. The highest BCUT2D eigenvalue weighted by atomic mass is 35.5. The second kappa shape index (κ2) is 1.54. The molecule has 1 rings (SSSR count). The average molecular weight is 119 g/mol. The molecule has 37 valence electrons. The van der Waals surface area contributed by atoms with Crippen molar-refractivity contribution in [2.75, 3.05) is 0 Å². The molecule has 0 aromatic rings. The van der Waals surface area contributed by atoms with Gasteiger partial charge in [0.15, 0.2) is 0 Å². The molecule has 1 heterocycles. The smallest absolute Gasteiger partial charge is 0.144 e. The maximum absolute atomic E-state index is 11.8. The first-order chi connectivity index (χ1) is 3.29. The first kappa shape index (κ1) is 4.65. The highest BCUT2D eigenvalue weighted by molar-refractivity contribution is 6.29. The van der Waals surface area contributed by atoms with Gasteiger partial charge in [0.1, 0.15) is 11.0 Å². The van der Waals surface area contributed by atoms with Crippen molar-refractivity contribution in [1.29, 1.82) is 0 Å². The standard InChI is InChI=1S/C4H2ClFN/c5-4-1-3(6)2-7-4/h1-2H. The Morgan fingerprint density at radius 2 is 2.43 bits per heavy atom. The topological polar surface area (TPSA) is 14.1 Å². The van der Waals surface area contributed by atoms with Gasteiger partial charge in [-0.05, 0) is 0 Å². The fourth-order valence-corrected chi connectivity index (χ4v) is 0.465. The van der Waals surface area contributed by atoms with Gasteiger partial charge in [-0.3, -0.25) is 0 Å². The molecule has 3 heteroatoms. The van der Waals surface area contributed by atoms with Crippen molar-refractivity contribution in [2.24, 2.45) is 0 Å². The van der Waals surface area contributed by atoms with Crippen molar-refractivity contribution in [3.05, 3.63) is 23.3 Å². The van der Waals surface area contributed by atoms with E-state index in [1.165, 1.54) is 0 Å². The summed E-state index contributed by atoms with van der Waals surface area (Å²) in [6.07, 6.45) is 2.23. The van der Waals surface area contributed by atoms with E-state index >= 15 is 0 Å². The van der Waals surface area contributed by atoms with Crippen LogP contribution in [0.2, 0.25) is 0 Å². The molecular weight excluding hydrogens is 117 g/mol. The summed E-state index contributed by atoms with van der Waals surface area (Å²) in [6, 6.07) is 0. The Morgan fingerprint density at radius 1 is 1.71 bits per heavy atom. The molecule has 0 aliphatic carbocycles. The van der Waals surface area contributed by atoms with E-state index in [2.05, 4.69) is 5.32 Å². The van der Waals surface area contributed by atoms with E-state index in [1.807, 2.05) is 0 Å². The molecule has 7 heavy (non-hydrogen) atoms. The van der Waals surface area contributed by atoms with Gasteiger partial charge in [-0.25, -0.2) is 9.71 Å². The van der Waals surface area contributed by atoms with E-state index < -0.39 is 0 Å². The third-order valence-corrected chi connectivity index (χ3v) is 0.775. The molecule has 0 bridgehead atoms. The molecule has 0 atom stereocenters. The van der Waals surface area contributed by atoms with Gasteiger partial charge in [0.25, 0.3) is 0 Å². The van der Waals surface area contributed by atoms with Crippen molar-refractivity contribution in [3.63, 3.8) is 0 Å². The van der Waals surface area contributed by atoms with Crippen LogP contribution in [0.3, 0.4) is 0 Å². The second-order valence-electron chi connectivity index (χ2n) is 1.11. The molecule has 0 fully saturated rings. The molecule has 0 saturated carbocycles. The molecule has 1 nitrogen and oxygen atoms in total. The number of nitrogens with zero attached hydrogens (tertiary/aromatic N) is 1. The lowest BCUT2D eigenvalue weighted by Crippen LogP contribution is -1.79. The number of allylic oxidation sites excluding steroid dienone is 2. The molecule has 1 radical (unpaired) electrons. The summed E-state index contributed by atoms with van der Waals surface area (Å²) >= 11 is 5.21. The van der Waals surface area contributed by atoms with Crippen molar-refractivity contribution in [2.45, 2.75) is 0 Å². The fourth-order valence-electron chi connectivity index (χ4n) is 0.312. The largest absolute Gasteiger partial charge is 0.241 e. The molecule has 0 saturated heterocycles. The SMILES string of the molecule is FC1=C[N]C(Cl)=C1. The summed E-state index contributed by atoms with van der Waals surface area (Å²) in [6.45, 7) is 0. The molecule has 0 aromatic carbocycles. The molecule has 0 N–H and O–H groups in total. The Morgan fingerprint density at radius 3 is 2.57 bits per heavy atom. The Balaban J connectivity index is 2.69. The fraction of sp³-hybridized carbons (Fsp3) is 0. The minimum absolute atomic E-state index is 0.206. The Kier molecular flexibility index (Phi) is 1.02. The Bertz CT molecular complexity index is 139. The third kappa shape index (κ3) is 0.933. The lowest BCUT2D eigenvalue weighted by Gasteiger charge is -1.76. The molecule has 0 amide bonds. The van der Waals surface area contributed by atoms with E-state index in [4.69, 9.17) is 11.6 Å². The quantitative estimate of drug-likeness (QED) is 0.428. The number of hydrogen-bond acceptors (Lipinski definition) is 0. The Hall–Kier alpha value is -0.500. The van der Waals surface area contributed by atoms with Gasteiger partial charge in [-0.2, -0.15) is 0 Å². The van der Waals surface area contributed by atoms with Crippen LogP contribution in [-0.4, -0.2) is 0 Å². The van der Waals surface area contributed by atoms with Gasteiger partial charge in [-0.15, -0.1) is 0 Å².